The van der Waals surface area contributed by atoms with Crippen LogP contribution in [-0.4, -0.2) is 39.8 Å². The number of carboxylic acids is 1. The Hall–Kier alpha value is -1.26. The van der Waals surface area contributed by atoms with Gasteiger partial charge < -0.3 is 9.84 Å². The molecule has 0 radical (unpaired) electrons. The summed E-state index contributed by atoms with van der Waals surface area (Å²) in [6.45, 7) is 9.11. The molecule has 0 aromatic rings. The van der Waals surface area contributed by atoms with Crippen molar-refractivity contribution in [2.24, 2.45) is 5.92 Å². The summed E-state index contributed by atoms with van der Waals surface area (Å²) >= 11 is 0. The van der Waals surface area contributed by atoms with Gasteiger partial charge in [-0.3, -0.25) is 4.90 Å². The molecule has 1 heterocycles. The predicted octanol–water partition coefficient (Wildman–Crippen LogP) is 2.10. The average Bonchev–Trinajstić information content (AvgIpc) is 2.40. The molecule has 5 nitrogen and oxygen atoms in total. The number of carbonyl (C=O) groups is 2. The van der Waals surface area contributed by atoms with Gasteiger partial charge in [-0.15, -0.1) is 0 Å². The first-order valence-electron chi connectivity index (χ1n) is 5.87. The molecule has 5 heteroatoms. The van der Waals surface area contributed by atoms with Crippen LogP contribution in [-0.2, 0) is 9.53 Å². The van der Waals surface area contributed by atoms with E-state index in [2.05, 4.69) is 0 Å². The van der Waals surface area contributed by atoms with E-state index in [0.717, 1.165) is 0 Å². The first-order valence-corrected chi connectivity index (χ1v) is 5.87. The van der Waals surface area contributed by atoms with Gasteiger partial charge >= 0.3 is 12.1 Å². The van der Waals surface area contributed by atoms with Crippen LogP contribution in [0.3, 0.4) is 0 Å². The normalized spacial score (nSPS) is 29.2. The Morgan fingerprint density at radius 2 is 1.82 bits per heavy atom. The molecule has 1 aliphatic heterocycles. The fourth-order valence-electron chi connectivity index (χ4n) is 2.05. The number of rotatable bonds is 1. The quantitative estimate of drug-likeness (QED) is 0.766. The Balaban J connectivity index is 2.85. The van der Waals surface area contributed by atoms with Crippen molar-refractivity contribution in [1.29, 1.82) is 0 Å². The van der Waals surface area contributed by atoms with Gasteiger partial charge in [0, 0.05) is 6.04 Å². The van der Waals surface area contributed by atoms with Crippen LogP contribution in [0.5, 0.6) is 0 Å². The Morgan fingerprint density at radius 1 is 1.29 bits per heavy atom. The van der Waals surface area contributed by atoms with Gasteiger partial charge in [0.05, 0.1) is 0 Å². The van der Waals surface area contributed by atoms with Crippen LogP contribution in [0.25, 0.3) is 0 Å². The molecule has 1 aliphatic rings. The Bertz CT molecular complexity index is 321. The number of nitrogens with zero attached hydrogens (tertiary/aromatic N) is 1. The topological polar surface area (TPSA) is 66.8 Å². The highest BCUT2D eigenvalue weighted by atomic mass is 16.6. The summed E-state index contributed by atoms with van der Waals surface area (Å²) in [6.07, 6.45) is -0.0582. The van der Waals surface area contributed by atoms with Gasteiger partial charge in [0.2, 0.25) is 0 Å². The number of aliphatic carboxylic acids is 1. The van der Waals surface area contributed by atoms with Crippen LogP contribution in [0.2, 0.25) is 0 Å². The van der Waals surface area contributed by atoms with Crippen molar-refractivity contribution in [2.45, 2.75) is 58.7 Å². The highest BCUT2D eigenvalue weighted by Crippen LogP contribution is 2.31. The molecule has 1 saturated heterocycles. The molecule has 0 spiro atoms. The molecule has 0 bridgehead atoms. The molecular formula is C12H21NO4. The molecule has 98 valence electrons. The van der Waals surface area contributed by atoms with Gasteiger partial charge in [-0.05, 0) is 40.0 Å². The molecule has 1 amide bonds. The van der Waals surface area contributed by atoms with Gasteiger partial charge in [0.25, 0.3) is 0 Å². The van der Waals surface area contributed by atoms with E-state index in [1.165, 1.54) is 4.90 Å². The first-order chi connectivity index (χ1) is 7.63. The lowest BCUT2D eigenvalue weighted by atomic mass is 10.0. The van der Waals surface area contributed by atoms with Crippen molar-refractivity contribution in [1.82, 2.24) is 4.90 Å². The maximum atomic E-state index is 12.0. The number of ether oxygens (including phenoxy) is 1. The molecule has 2 unspecified atom stereocenters. The smallest absolute Gasteiger partial charge is 0.411 e. The summed E-state index contributed by atoms with van der Waals surface area (Å²) < 4.78 is 5.24. The molecule has 0 aromatic heterocycles. The Labute approximate surface area is 102 Å². The summed E-state index contributed by atoms with van der Waals surface area (Å²) in [5.74, 6) is -0.796. The van der Waals surface area contributed by atoms with Crippen molar-refractivity contribution in [3.8, 4) is 0 Å². The van der Waals surface area contributed by atoms with E-state index in [0.29, 0.717) is 6.42 Å². The second-order valence-corrected chi connectivity index (χ2v) is 5.70. The number of likely N-dealkylation sites (tertiary alicyclic amines) is 1. The number of carbonyl (C=O) groups excluding carboxylic acids is 1. The van der Waals surface area contributed by atoms with E-state index >= 15 is 0 Å². The molecule has 0 aliphatic carbocycles. The average molecular weight is 243 g/mol. The van der Waals surface area contributed by atoms with Gasteiger partial charge in [0.1, 0.15) is 11.6 Å². The van der Waals surface area contributed by atoms with E-state index in [1.54, 1.807) is 20.8 Å². The first kappa shape index (κ1) is 13.8. The van der Waals surface area contributed by atoms with Crippen LogP contribution in [0.4, 0.5) is 4.79 Å². The number of hydrogen-bond donors (Lipinski definition) is 1. The van der Waals surface area contributed by atoms with E-state index < -0.39 is 23.7 Å². The van der Waals surface area contributed by atoms with Crippen molar-refractivity contribution in [3.05, 3.63) is 0 Å². The minimum atomic E-state index is -0.966. The molecule has 1 N–H and O–H groups in total. The SMILES string of the molecule is CC1CC(C(=O)O)N(C(=O)OC(C)(C)C)[C@H]1C. The molecule has 1 fully saturated rings. The minimum absolute atomic E-state index is 0.106. The lowest BCUT2D eigenvalue weighted by molar-refractivity contribution is -0.142. The van der Waals surface area contributed by atoms with Gasteiger partial charge in [0.15, 0.2) is 0 Å². The third-order valence-electron chi connectivity index (χ3n) is 3.08. The molecular weight excluding hydrogens is 222 g/mol. The fraction of sp³-hybridized carbons (Fsp3) is 0.833. The molecule has 0 saturated carbocycles. The zero-order chi connectivity index (χ0) is 13.4. The van der Waals surface area contributed by atoms with Crippen molar-refractivity contribution < 1.29 is 19.4 Å². The number of hydrogen-bond acceptors (Lipinski definition) is 3. The van der Waals surface area contributed by atoms with E-state index in [1.807, 2.05) is 13.8 Å². The molecule has 0 aromatic carbocycles. The van der Waals surface area contributed by atoms with Crippen molar-refractivity contribution >= 4 is 12.1 Å². The van der Waals surface area contributed by atoms with E-state index in [9.17, 15) is 9.59 Å². The van der Waals surface area contributed by atoms with Crippen LogP contribution in [0.1, 0.15) is 41.0 Å². The third-order valence-corrected chi connectivity index (χ3v) is 3.08. The monoisotopic (exact) mass is 243 g/mol. The van der Waals surface area contributed by atoms with Crippen molar-refractivity contribution in [3.63, 3.8) is 0 Å². The minimum Gasteiger partial charge on any atom is -0.480 e. The highest BCUT2D eigenvalue weighted by molar-refractivity contribution is 5.81. The fourth-order valence-corrected chi connectivity index (χ4v) is 2.05. The van der Waals surface area contributed by atoms with Crippen LogP contribution in [0, 0.1) is 5.92 Å². The summed E-state index contributed by atoms with van der Waals surface area (Å²) in [4.78, 5) is 24.4. The second-order valence-electron chi connectivity index (χ2n) is 5.70. The predicted molar refractivity (Wildman–Crippen MR) is 62.7 cm³/mol. The van der Waals surface area contributed by atoms with Crippen LogP contribution in [0.15, 0.2) is 0 Å². The molecule has 1 rings (SSSR count). The van der Waals surface area contributed by atoms with E-state index in [4.69, 9.17) is 9.84 Å². The summed E-state index contributed by atoms with van der Waals surface area (Å²) in [5.41, 5.74) is -0.605. The number of amides is 1. The lowest BCUT2D eigenvalue weighted by Gasteiger charge is -2.30. The van der Waals surface area contributed by atoms with Crippen LogP contribution < -0.4 is 0 Å². The molecule has 3 atom stereocenters. The summed E-state index contributed by atoms with van der Waals surface area (Å²) in [7, 11) is 0. The number of carboxylic acid groups (broad SMARTS) is 1. The Kier molecular flexibility index (Phi) is 3.69. The van der Waals surface area contributed by atoms with Gasteiger partial charge in [-0.1, -0.05) is 6.92 Å². The largest absolute Gasteiger partial charge is 0.480 e. The van der Waals surface area contributed by atoms with Gasteiger partial charge in [-0.25, -0.2) is 9.59 Å². The zero-order valence-electron chi connectivity index (χ0n) is 11.1. The van der Waals surface area contributed by atoms with E-state index in [-0.39, 0.29) is 12.0 Å². The second kappa shape index (κ2) is 4.55. The third kappa shape index (κ3) is 3.11. The Morgan fingerprint density at radius 3 is 2.24 bits per heavy atom. The zero-order valence-corrected chi connectivity index (χ0v) is 11.1. The van der Waals surface area contributed by atoms with Crippen LogP contribution >= 0.6 is 0 Å². The summed E-state index contributed by atoms with van der Waals surface area (Å²) in [5, 5.41) is 9.12. The maximum absolute atomic E-state index is 12.0. The maximum Gasteiger partial charge on any atom is 0.411 e. The van der Waals surface area contributed by atoms with Crippen molar-refractivity contribution in [2.75, 3.05) is 0 Å². The summed E-state index contributed by atoms with van der Waals surface area (Å²) in [6, 6.07) is -0.874. The molecule has 17 heavy (non-hydrogen) atoms. The highest BCUT2D eigenvalue weighted by Gasteiger charge is 2.44. The lowest BCUT2D eigenvalue weighted by Crippen LogP contribution is -2.46. The van der Waals surface area contributed by atoms with Gasteiger partial charge in [-0.2, -0.15) is 0 Å². The standard InChI is InChI=1S/C12H21NO4/c1-7-6-9(10(14)15)13(8(7)2)11(16)17-12(3,4)5/h7-9H,6H2,1-5H3,(H,14,15)/t7?,8-,9?/m0/s1.